The van der Waals surface area contributed by atoms with Gasteiger partial charge in [0.15, 0.2) is 11.5 Å². The zero-order valence-electron chi connectivity index (χ0n) is 17.8. The van der Waals surface area contributed by atoms with Crippen LogP contribution in [0, 0.1) is 0 Å². The lowest BCUT2D eigenvalue weighted by Crippen LogP contribution is -2.11. The molecule has 2 aromatic rings. The lowest BCUT2D eigenvalue weighted by Gasteiger charge is -2.28. The largest absolute Gasteiger partial charge is 0.507 e. The van der Waals surface area contributed by atoms with Crippen LogP contribution in [0.4, 0.5) is 5.69 Å². The van der Waals surface area contributed by atoms with Gasteiger partial charge in [-0.2, -0.15) is 0 Å². The van der Waals surface area contributed by atoms with Gasteiger partial charge in [0.1, 0.15) is 11.4 Å². The first-order valence-electron chi connectivity index (χ1n) is 9.42. The molecule has 1 atom stereocenters. The van der Waals surface area contributed by atoms with Crippen LogP contribution in [0.1, 0.15) is 30.6 Å². The van der Waals surface area contributed by atoms with E-state index in [0.717, 1.165) is 5.69 Å². The molecule has 0 fully saturated rings. The van der Waals surface area contributed by atoms with Crippen LogP contribution >= 0.6 is 7.60 Å². The third-order valence-electron chi connectivity index (χ3n) is 4.49. The number of anilines is 1. The normalized spacial score (nSPS) is 12.5. The van der Waals surface area contributed by atoms with Crippen molar-refractivity contribution in [3.63, 3.8) is 0 Å². The van der Waals surface area contributed by atoms with Gasteiger partial charge >= 0.3 is 7.60 Å². The first kappa shape index (κ1) is 23.1. The highest BCUT2D eigenvalue weighted by Gasteiger charge is 2.40. The fourth-order valence-electron chi connectivity index (χ4n) is 3.14. The van der Waals surface area contributed by atoms with Gasteiger partial charge in [0, 0.05) is 31.4 Å². The zero-order chi connectivity index (χ0) is 21.6. The molecule has 0 spiro atoms. The lowest BCUT2D eigenvalue weighted by molar-refractivity contribution is 0.214. The summed E-state index contributed by atoms with van der Waals surface area (Å²) in [5.41, 5.74) is 1.24. The highest BCUT2D eigenvalue weighted by molar-refractivity contribution is 7.54. The van der Waals surface area contributed by atoms with E-state index in [2.05, 4.69) is 0 Å². The molecule has 0 heterocycles. The SMILES string of the molecule is CCOP(=O)(OCC)C(c1ccc(N(C)C)cc1)c1cc(OC)c(OC)cc1O. The highest BCUT2D eigenvalue weighted by Crippen LogP contribution is 2.65. The quantitative estimate of drug-likeness (QED) is 0.549. The lowest BCUT2D eigenvalue weighted by atomic mass is 10.0. The molecule has 0 aliphatic carbocycles. The Bertz CT molecular complexity index is 843. The molecule has 0 amide bonds. The van der Waals surface area contributed by atoms with Crippen LogP contribution in [-0.2, 0) is 13.6 Å². The van der Waals surface area contributed by atoms with Gasteiger partial charge in [-0.1, -0.05) is 12.1 Å². The van der Waals surface area contributed by atoms with Crippen molar-refractivity contribution in [3.05, 3.63) is 47.5 Å². The van der Waals surface area contributed by atoms with Gasteiger partial charge in [-0.15, -0.1) is 0 Å². The van der Waals surface area contributed by atoms with Crippen molar-refractivity contribution in [1.29, 1.82) is 0 Å². The van der Waals surface area contributed by atoms with Gasteiger partial charge in [-0.25, -0.2) is 0 Å². The number of phenols is 1. The molecule has 0 saturated carbocycles. The average Bonchev–Trinajstić information content (AvgIpc) is 2.69. The molecule has 0 aliphatic rings. The Morgan fingerprint density at radius 2 is 1.48 bits per heavy atom. The summed E-state index contributed by atoms with van der Waals surface area (Å²) in [5, 5.41) is 10.7. The van der Waals surface area contributed by atoms with E-state index in [1.54, 1.807) is 19.9 Å². The molecule has 0 saturated heterocycles. The molecular formula is C21H30NO6P. The van der Waals surface area contributed by atoms with E-state index in [0.29, 0.717) is 22.6 Å². The number of nitrogens with zero attached hydrogens (tertiary/aromatic N) is 1. The number of ether oxygens (including phenoxy) is 2. The number of aromatic hydroxyl groups is 1. The first-order chi connectivity index (χ1) is 13.8. The summed E-state index contributed by atoms with van der Waals surface area (Å²) in [4.78, 5) is 1.97. The molecule has 0 aliphatic heterocycles. The van der Waals surface area contributed by atoms with E-state index in [1.165, 1.54) is 20.3 Å². The second-order valence-corrected chi connectivity index (χ2v) is 8.64. The third kappa shape index (κ3) is 5.04. The number of benzene rings is 2. The summed E-state index contributed by atoms with van der Waals surface area (Å²) in [6.45, 7) is 3.92. The standard InChI is InChI=1S/C21H30NO6P/c1-7-27-29(24,28-8-2)21(15-9-11-16(12-10-15)22(3)4)17-13-19(25-5)20(26-6)14-18(17)23/h9-14,21,23H,7-8H2,1-6H3. The molecule has 1 N–H and O–H groups in total. The summed E-state index contributed by atoms with van der Waals surface area (Å²) in [6.07, 6.45) is 0. The van der Waals surface area contributed by atoms with Crippen LogP contribution in [0.25, 0.3) is 0 Å². The minimum absolute atomic E-state index is 0.0797. The van der Waals surface area contributed by atoms with Crippen molar-refractivity contribution in [2.45, 2.75) is 19.5 Å². The highest BCUT2D eigenvalue weighted by atomic mass is 31.2. The molecule has 1 unspecified atom stereocenters. The minimum atomic E-state index is -3.66. The zero-order valence-corrected chi connectivity index (χ0v) is 18.7. The first-order valence-corrected chi connectivity index (χ1v) is 11.0. The van der Waals surface area contributed by atoms with Crippen LogP contribution in [0.15, 0.2) is 36.4 Å². The van der Waals surface area contributed by atoms with Crippen molar-refractivity contribution in [2.75, 3.05) is 46.4 Å². The maximum absolute atomic E-state index is 13.8. The summed E-state index contributed by atoms with van der Waals surface area (Å²) >= 11 is 0. The van der Waals surface area contributed by atoms with E-state index >= 15 is 0 Å². The number of rotatable bonds is 10. The maximum Gasteiger partial charge on any atom is 0.342 e. The number of hydrogen-bond acceptors (Lipinski definition) is 7. The number of phenolic OH excluding ortho intramolecular Hbond substituents is 1. The Hall–Kier alpha value is -2.21. The van der Waals surface area contributed by atoms with Crippen LogP contribution < -0.4 is 14.4 Å². The molecule has 2 rings (SSSR count). The van der Waals surface area contributed by atoms with E-state index in [-0.39, 0.29) is 19.0 Å². The molecule has 8 heteroatoms. The monoisotopic (exact) mass is 423 g/mol. The van der Waals surface area contributed by atoms with E-state index < -0.39 is 13.3 Å². The summed E-state index contributed by atoms with van der Waals surface area (Å²) in [7, 11) is 3.21. The van der Waals surface area contributed by atoms with Crippen molar-refractivity contribution >= 4 is 13.3 Å². The van der Waals surface area contributed by atoms with Gasteiger partial charge in [-0.05, 0) is 37.6 Å². The minimum Gasteiger partial charge on any atom is -0.507 e. The molecule has 0 aromatic heterocycles. The second kappa shape index (κ2) is 10.0. The number of methoxy groups -OCH3 is 2. The van der Waals surface area contributed by atoms with E-state index in [9.17, 15) is 9.67 Å². The molecule has 0 radical (unpaired) electrons. The Morgan fingerprint density at radius 3 is 1.93 bits per heavy atom. The van der Waals surface area contributed by atoms with Gasteiger partial charge in [0.05, 0.1) is 27.4 Å². The topological polar surface area (TPSA) is 77.5 Å². The van der Waals surface area contributed by atoms with Crippen LogP contribution in [-0.4, -0.2) is 46.6 Å². The Kier molecular flexibility index (Phi) is 7.96. The van der Waals surface area contributed by atoms with E-state index in [1.807, 2.05) is 43.3 Å². The molecular weight excluding hydrogens is 393 g/mol. The fourth-order valence-corrected chi connectivity index (χ4v) is 5.31. The smallest absolute Gasteiger partial charge is 0.342 e. The van der Waals surface area contributed by atoms with Crippen LogP contribution in [0.2, 0.25) is 0 Å². The summed E-state index contributed by atoms with van der Waals surface area (Å²) in [6, 6.07) is 10.6. The second-order valence-electron chi connectivity index (χ2n) is 6.53. The average molecular weight is 423 g/mol. The predicted octanol–water partition coefficient (Wildman–Crippen LogP) is 4.83. The van der Waals surface area contributed by atoms with Gasteiger partial charge in [0.25, 0.3) is 0 Å². The van der Waals surface area contributed by atoms with Crippen molar-refractivity contribution in [1.82, 2.24) is 0 Å². The molecule has 0 bridgehead atoms. The third-order valence-corrected chi connectivity index (χ3v) is 6.93. The molecule has 7 nitrogen and oxygen atoms in total. The predicted molar refractivity (Wildman–Crippen MR) is 115 cm³/mol. The van der Waals surface area contributed by atoms with Gasteiger partial charge in [0.2, 0.25) is 0 Å². The van der Waals surface area contributed by atoms with Crippen molar-refractivity contribution < 1.29 is 28.2 Å². The molecule has 2 aromatic carbocycles. The Morgan fingerprint density at radius 1 is 0.966 bits per heavy atom. The van der Waals surface area contributed by atoms with Crippen LogP contribution in [0.5, 0.6) is 17.2 Å². The Balaban J connectivity index is 2.72. The van der Waals surface area contributed by atoms with Gasteiger partial charge in [-0.3, -0.25) is 4.57 Å². The van der Waals surface area contributed by atoms with Crippen LogP contribution in [0.3, 0.4) is 0 Å². The molecule has 29 heavy (non-hydrogen) atoms. The summed E-state index contributed by atoms with van der Waals surface area (Å²) in [5.74, 6) is 0.705. The molecule has 160 valence electrons. The van der Waals surface area contributed by atoms with E-state index in [4.69, 9.17) is 18.5 Å². The number of hydrogen-bond donors (Lipinski definition) is 1. The fraction of sp³-hybridized carbons (Fsp3) is 0.429. The maximum atomic E-state index is 13.8. The summed E-state index contributed by atoms with van der Waals surface area (Å²) < 4.78 is 35.7. The Labute approximate surface area is 172 Å². The van der Waals surface area contributed by atoms with Crippen molar-refractivity contribution in [2.24, 2.45) is 0 Å². The van der Waals surface area contributed by atoms with Crippen molar-refractivity contribution in [3.8, 4) is 17.2 Å². The van der Waals surface area contributed by atoms with Gasteiger partial charge < -0.3 is 28.5 Å².